The molecule has 0 heterocycles. The largest absolute Gasteiger partial charge is 0.274 e. The van der Waals surface area contributed by atoms with Crippen molar-refractivity contribution in [3.63, 3.8) is 0 Å². The first-order valence-electron chi connectivity index (χ1n) is 2.48. The molecule has 1 aromatic rings. The Labute approximate surface area is 52.1 Å². The predicted octanol–water partition coefficient (Wildman–Crippen LogP) is 2.15. The maximum absolute atomic E-state index is 12.3. The maximum atomic E-state index is 12.3. The van der Waals surface area contributed by atoms with E-state index in [1.807, 2.05) is 0 Å². The molecule has 0 bridgehead atoms. The third-order valence-electron chi connectivity index (χ3n) is 1.03. The zero-order valence-electron chi connectivity index (χ0n) is 4.70. The second-order valence-electron chi connectivity index (χ2n) is 1.71. The van der Waals surface area contributed by atoms with Crippen LogP contribution in [-0.2, 0) is 0 Å². The molecule has 9 heavy (non-hydrogen) atoms. The summed E-state index contributed by atoms with van der Waals surface area (Å²) in [6, 6.07) is 3.89. The minimum absolute atomic E-state index is 0.0926. The van der Waals surface area contributed by atoms with E-state index in [1.165, 1.54) is 12.1 Å². The van der Waals surface area contributed by atoms with Crippen LogP contribution < -0.4 is 0 Å². The van der Waals surface area contributed by atoms with Gasteiger partial charge in [-0.05, 0) is 6.07 Å². The molecule has 0 nitrogen and oxygen atoms in total. The highest BCUT2D eigenvalue weighted by atomic mass is 19.2. The minimum Gasteiger partial charge on any atom is -0.188 e. The Morgan fingerprint density at radius 2 is 1.89 bits per heavy atom. The summed E-state index contributed by atoms with van der Waals surface area (Å²) in [6.07, 6.45) is 0. The lowest BCUT2D eigenvalue weighted by Gasteiger charge is -1.84. The SMILES string of the molecule is [CH2+]c1cccc(F)c1F. The van der Waals surface area contributed by atoms with Crippen molar-refractivity contribution in [3.8, 4) is 0 Å². The monoisotopic (exact) mass is 127 g/mol. The van der Waals surface area contributed by atoms with Gasteiger partial charge in [0, 0.05) is 19.1 Å². The Hall–Kier alpha value is -1.05. The number of hydrogen-bond acceptors (Lipinski definition) is 0. The molecule has 0 aliphatic carbocycles. The molecule has 0 aromatic heterocycles. The first-order valence-corrected chi connectivity index (χ1v) is 2.48. The number of rotatable bonds is 0. The standard InChI is InChI=1S/C7H5F2/c1-5-3-2-4-6(8)7(5)9/h2-4H,1H2/q+1. The topological polar surface area (TPSA) is 0 Å². The normalized spacial score (nSPS) is 9.56. The molecule has 0 fully saturated rings. The molecule has 0 radical (unpaired) electrons. The van der Waals surface area contributed by atoms with Gasteiger partial charge in [-0.25, -0.2) is 0 Å². The van der Waals surface area contributed by atoms with E-state index < -0.39 is 11.6 Å². The van der Waals surface area contributed by atoms with Crippen molar-refractivity contribution in [2.45, 2.75) is 0 Å². The molecule has 1 aromatic carbocycles. The van der Waals surface area contributed by atoms with E-state index in [-0.39, 0.29) is 5.56 Å². The molecule has 0 aliphatic heterocycles. The van der Waals surface area contributed by atoms with E-state index >= 15 is 0 Å². The van der Waals surface area contributed by atoms with Crippen LogP contribution in [0.1, 0.15) is 5.56 Å². The highest BCUT2D eigenvalue weighted by Gasteiger charge is 2.10. The third-order valence-corrected chi connectivity index (χ3v) is 1.03. The summed E-state index contributed by atoms with van der Waals surface area (Å²) in [5.41, 5.74) is 0.0926. The van der Waals surface area contributed by atoms with Gasteiger partial charge < -0.3 is 0 Å². The molecule has 0 N–H and O–H groups in total. The molecule has 0 atom stereocenters. The van der Waals surface area contributed by atoms with Crippen LogP contribution in [0.2, 0.25) is 0 Å². The maximum Gasteiger partial charge on any atom is 0.274 e. The van der Waals surface area contributed by atoms with Crippen LogP contribution in [0.15, 0.2) is 18.2 Å². The Morgan fingerprint density at radius 1 is 1.22 bits per heavy atom. The Morgan fingerprint density at radius 3 is 2.33 bits per heavy atom. The van der Waals surface area contributed by atoms with E-state index in [4.69, 9.17) is 0 Å². The van der Waals surface area contributed by atoms with Gasteiger partial charge in [-0.3, -0.25) is 0 Å². The summed E-state index contributed by atoms with van der Waals surface area (Å²) in [5, 5.41) is 0. The summed E-state index contributed by atoms with van der Waals surface area (Å²) < 4.78 is 24.5. The zero-order chi connectivity index (χ0) is 6.85. The summed E-state index contributed by atoms with van der Waals surface area (Å²) in [7, 11) is 0. The molecular weight excluding hydrogens is 122 g/mol. The molecule has 0 saturated carbocycles. The third kappa shape index (κ3) is 1.02. The van der Waals surface area contributed by atoms with Crippen molar-refractivity contribution in [2.24, 2.45) is 0 Å². The summed E-state index contributed by atoms with van der Waals surface area (Å²) >= 11 is 0. The van der Waals surface area contributed by atoms with Gasteiger partial charge in [0.25, 0.3) is 5.82 Å². The molecular formula is C7H5F2+. The first-order chi connectivity index (χ1) is 4.22. The van der Waals surface area contributed by atoms with Gasteiger partial charge in [-0.2, -0.15) is 4.39 Å². The van der Waals surface area contributed by atoms with Crippen LogP contribution in [0.3, 0.4) is 0 Å². The summed E-state index contributed by atoms with van der Waals surface area (Å²) in [4.78, 5) is 0. The zero-order valence-corrected chi connectivity index (χ0v) is 4.70. The van der Waals surface area contributed by atoms with Crippen molar-refractivity contribution < 1.29 is 8.78 Å². The molecule has 0 amide bonds. The average molecular weight is 127 g/mol. The van der Waals surface area contributed by atoms with E-state index in [1.54, 1.807) is 0 Å². The lowest BCUT2D eigenvalue weighted by Crippen LogP contribution is -1.85. The fourth-order valence-corrected chi connectivity index (χ4v) is 0.548. The smallest absolute Gasteiger partial charge is 0.188 e. The molecule has 0 spiro atoms. The van der Waals surface area contributed by atoms with Gasteiger partial charge in [0.15, 0.2) is 5.56 Å². The number of hydrogen-bond donors (Lipinski definition) is 0. The minimum atomic E-state index is -0.863. The van der Waals surface area contributed by atoms with Gasteiger partial charge in [0.05, 0.1) is 0 Å². The second-order valence-corrected chi connectivity index (χ2v) is 1.71. The quantitative estimate of drug-likeness (QED) is 0.468. The molecule has 0 unspecified atom stereocenters. The Kier molecular flexibility index (Phi) is 1.39. The van der Waals surface area contributed by atoms with Gasteiger partial charge in [-0.1, -0.05) is 0 Å². The molecule has 0 aliphatic rings. The Bertz CT molecular complexity index is 198. The lowest BCUT2D eigenvalue weighted by molar-refractivity contribution is 0.505. The summed E-state index contributed by atoms with van der Waals surface area (Å²) in [5.74, 6) is -1.71. The van der Waals surface area contributed by atoms with Crippen LogP contribution in [-0.4, -0.2) is 0 Å². The van der Waals surface area contributed by atoms with Crippen LogP contribution in [0.4, 0.5) is 8.78 Å². The highest BCUT2D eigenvalue weighted by molar-refractivity contribution is 5.20. The van der Waals surface area contributed by atoms with Crippen LogP contribution in [0.5, 0.6) is 0 Å². The van der Waals surface area contributed by atoms with Crippen molar-refractivity contribution in [2.75, 3.05) is 0 Å². The predicted molar refractivity (Wildman–Crippen MR) is 30.8 cm³/mol. The van der Waals surface area contributed by atoms with E-state index in [2.05, 4.69) is 6.92 Å². The lowest BCUT2D eigenvalue weighted by atomic mass is 10.2. The number of benzene rings is 1. The fourth-order valence-electron chi connectivity index (χ4n) is 0.548. The first kappa shape index (κ1) is 6.08. The van der Waals surface area contributed by atoms with Gasteiger partial charge in [0.1, 0.15) is 0 Å². The molecule has 2 heteroatoms. The van der Waals surface area contributed by atoms with Crippen LogP contribution in [0.25, 0.3) is 0 Å². The fraction of sp³-hybridized carbons (Fsp3) is 0. The van der Waals surface area contributed by atoms with Gasteiger partial charge in [-0.15, -0.1) is 4.39 Å². The molecule has 46 valence electrons. The van der Waals surface area contributed by atoms with E-state index in [9.17, 15) is 8.78 Å². The average Bonchev–Trinajstić information content (AvgIpc) is 1.83. The van der Waals surface area contributed by atoms with Crippen molar-refractivity contribution >= 4 is 0 Å². The van der Waals surface area contributed by atoms with Crippen LogP contribution >= 0.6 is 0 Å². The van der Waals surface area contributed by atoms with Crippen molar-refractivity contribution in [1.82, 2.24) is 0 Å². The van der Waals surface area contributed by atoms with Gasteiger partial charge >= 0.3 is 0 Å². The van der Waals surface area contributed by atoms with Crippen molar-refractivity contribution in [3.05, 3.63) is 42.3 Å². The second kappa shape index (κ2) is 2.05. The molecule has 1 rings (SSSR count). The van der Waals surface area contributed by atoms with E-state index in [0.717, 1.165) is 6.07 Å². The highest BCUT2D eigenvalue weighted by Crippen LogP contribution is 2.08. The van der Waals surface area contributed by atoms with Gasteiger partial charge in [0.2, 0.25) is 5.82 Å². The Balaban J connectivity index is 3.25. The number of halogens is 2. The van der Waals surface area contributed by atoms with E-state index in [0.29, 0.717) is 0 Å². The summed E-state index contributed by atoms with van der Waals surface area (Å²) in [6.45, 7) is 3.27. The molecule has 0 saturated heterocycles. The van der Waals surface area contributed by atoms with Crippen molar-refractivity contribution in [1.29, 1.82) is 0 Å². The van der Waals surface area contributed by atoms with Crippen LogP contribution in [0, 0.1) is 18.6 Å².